The smallest absolute Gasteiger partial charge is 0.0428 e. The highest BCUT2D eigenvalue weighted by Crippen LogP contribution is 2.50. The summed E-state index contributed by atoms with van der Waals surface area (Å²) in [4.78, 5) is 0.505. The van der Waals surface area contributed by atoms with Crippen molar-refractivity contribution in [1.82, 2.24) is 0 Å². The number of hydrogen-bond acceptors (Lipinski definition) is 0. The highest BCUT2D eigenvalue weighted by atomic mass is 79.9. The maximum atomic E-state index is 4.00. The van der Waals surface area contributed by atoms with Gasteiger partial charge in [0.15, 0.2) is 0 Å². The molecule has 1 fully saturated rings. The van der Waals surface area contributed by atoms with E-state index >= 15 is 0 Å². The van der Waals surface area contributed by atoms with Gasteiger partial charge in [-0.2, -0.15) is 0 Å². The van der Waals surface area contributed by atoms with Gasteiger partial charge in [-0.1, -0.05) is 80.7 Å². The van der Waals surface area contributed by atoms with Gasteiger partial charge in [-0.05, 0) is 47.6 Å². The number of hydrogen-bond donors (Lipinski definition) is 0. The van der Waals surface area contributed by atoms with Gasteiger partial charge >= 0.3 is 0 Å². The standard InChI is InChI=1S/C19H29Br/c1-14(2)13-15-8-10-16(11-9-15)18(20)17-7-5-6-12-19(17,3)4/h8-11,14,17-18H,5-7,12-13H2,1-4H3. The first-order chi connectivity index (χ1) is 9.40. The molecule has 2 unspecified atom stereocenters. The Hall–Kier alpha value is -0.300. The van der Waals surface area contributed by atoms with Crippen LogP contribution in [-0.4, -0.2) is 0 Å². The molecule has 0 amide bonds. The van der Waals surface area contributed by atoms with Crippen molar-refractivity contribution in [3.63, 3.8) is 0 Å². The van der Waals surface area contributed by atoms with Crippen LogP contribution in [0, 0.1) is 17.3 Å². The predicted molar refractivity (Wildman–Crippen MR) is 92.4 cm³/mol. The highest BCUT2D eigenvalue weighted by molar-refractivity contribution is 9.09. The second-order valence-corrected chi connectivity index (χ2v) is 8.57. The Morgan fingerprint density at radius 2 is 1.80 bits per heavy atom. The number of benzene rings is 1. The molecule has 0 aromatic heterocycles. The summed E-state index contributed by atoms with van der Waals surface area (Å²) in [7, 11) is 0. The summed E-state index contributed by atoms with van der Waals surface area (Å²) in [5, 5.41) is 0. The van der Waals surface area contributed by atoms with Gasteiger partial charge in [0.25, 0.3) is 0 Å². The van der Waals surface area contributed by atoms with Gasteiger partial charge in [-0.25, -0.2) is 0 Å². The molecule has 0 bridgehead atoms. The molecule has 0 aliphatic heterocycles. The number of alkyl halides is 1. The monoisotopic (exact) mass is 336 g/mol. The first kappa shape index (κ1) is 16.1. The molecule has 1 aromatic rings. The molecule has 0 radical (unpaired) electrons. The van der Waals surface area contributed by atoms with Crippen LogP contribution in [0.15, 0.2) is 24.3 Å². The van der Waals surface area contributed by atoms with Crippen molar-refractivity contribution in [3.8, 4) is 0 Å². The lowest BCUT2D eigenvalue weighted by molar-refractivity contribution is 0.136. The zero-order chi connectivity index (χ0) is 14.8. The third-order valence-corrected chi connectivity index (χ3v) is 6.05. The lowest BCUT2D eigenvalue weighted by Gasteiger charge is -2.41. The SMILES string of the molecule is CC(C)Cc1ccc(C(Br)C2CCCCC2(C)C)cc1. The zero-order valence-electron chi connectivity index (χ0n) is 13.5. The highest BCUT2D eigenvalue weighted by Gasteiger charge is 2.36. The predicted octanol–water partition coefficient (Wildman–Crippen LogP) is 6.54. The molecule has 2 rings (SSSR count). The van der Waals surface area contributed by atoms with E-state index in [-0.39, 0.29) is 0 Å². The minimum absolute atomic E-state index is 0.461. The van der Waals surface area contributed by atoms with Crippen LogP contribution in [0.1, 0.15) is 69.3 Å². The van der Waals surface area contributed by atoms with Gasteiger partial charge in [0.05, 0.1) is 0 Å². The largest absolute Gasteiger partial charge is 0.0836 e. The minimum Gasteiger partial charge on any atom is -0.0836 e. The zero-order valence-corrected chi connectivity index (χ0v) is 15.0. The Kier molecular flexibility index (Phi) is 5.34. The molecule has 1 aromatic carbocycles. The lowest BCUT2D eigenvalue weighted by Crippen LogP contribution is -2.30. The summed E-state index contributed by atoms with van der Waals surface area (Å²) in [6.07, 6.45) is 6.70. The molecule has 0 nitrogen and oxygen atoms in total. The van der Waals surface area contributed by atoms with Crippen LogP contribution in [0.2, 0.25) is 0 Å². The second kappa shape index (κ2) is 6.64. The van der Waals surface area contributed by atoms with E-state index in [4.69, 9.17) is 0 Å². The molecule has 0 heterocycles. The van der Waals surface area contributed by atoms with E-state index in [0.29, 0.717) is 10.2 Å². The van der Waals surface area contributed by atoms with Gasteiger partial charge < -0.3 is 0 Å². The molecule has 0 N–H and O–H groups in total. The van der Waals surface area contributed by atoms with Gasteiger partial charge in [-0.15, -0.1) is 0 Å². The lowest BCUT2D eigenvalue weighted by atomic mass is 9.67. The maximum Gasteiger partial charge on any atom is 0.0428 e. The molecule has 112 valence electrons. The molecule has 0 spiro atoms. The van der Waals surface area contributed by atoms with Crippen LogP contribution < -0.4 is 0 Å². The van der Waals surface area contributed by atoms with E-state index in [1.807, 2.05) is 0 Å². The topological polar surface area (TPSA) is 0 Å². The van der Waals surface area contributed by atoms with E-state index in [1.54, 1.807) is 0 Å². The summed E-state index contributed by atoms with van der Waals surface area (Å²) < 4.78 is 0. The van der Waals surface area contributed by atoms with Crippen LogP contribution in [0.5, 0.6) is 0 Å². The Morgan fingerprint density at radius 1 is 1.15 bits per heavy atom. The molecule has 1 aliphatic rings. The van der Waals surface area contributed by atoms with Crippen molar-refractivity contribution < 1.29 is 0 Å². The van der Waals surface area contributed by atoms with Crippen molar-refractivity contribution in [2.24, 2.45) is 17.3 Å². The Morgan fingerprint density at radius 3 is 2.35 bits per heavy atom. The van der Waals surface area contributed by atoms with Gasteiger partial charge in [0.1, 0.15) is 0 Å². The average Bonchev–Trinajstić information content (AvgIpc) is 2.37. The summed E-state index contributed by atoms with van der Waals surface area (Å²) in [5.41, 5.74) is 3.38. The van der Waals surface area contributed by atoms with Gasteiger partial charge in [0, 0.05) is 4.83 Å². The first-order valence-corrected chi connectivity index (χ1v) is 9.04. The molecule has 0 saturated heterocycles. The van der Waals surface area contributed by atoms with Crippen molar-refractivity contribution in [1.29, 1.82) is 0 Å². The third-order valence-electron chi connectivity index (χ3n) is 4.89. The summed E-state index contributed by atoms with van der Waals surface area (Å²) in [6.45, 7) is 9.45. The molecule has 2 atom stereocenters. The average molecular weight is 337 g/mol. The van der Waals surface area contributed by atoms with Crippen molar-refractivity contribution >= 4 is 15.9 Å². The van der Waals surface area contributed by atoms with Crippen LogP contribution in [0.4, 0.5) is 0 Å². The maximum absolute atomic E-state index is 4.00. The van der Waals surface area contributed by atoms with Crippen molar-refractivity contribution in [2.45, 2.75) is 64.6 Å². The molecule has 1 saturated carbocycles. The quantitative estimate of drug-likeness (QED) is 0.547. The fraction of sp³-hybridized carbons (Fsp3) is 0.684. The minimum atomic E-state index is 0.461. The number of rotatable bonds is 4. The molecule has 1 heteroatoms. The fourth-order valence-electron chi connectivity index (χ4n) is 3.60. The third kappa shape index (κ3) is 3.87. The first-order valence-electron chi connectivity index (χ1n) is 8.13. The molecular formula is C19H29Br. The van der Waals surface area contributed by atoms with Crippen LogP contribution in [0.25, 0.3) is 0 Å². The van der Waals surface area contributed by atoms with Crippen molar-refractivity contribution in [2.75, 3.05) is 0 Å². The van der Waals surface area contributed by atoms with Gasteiger partial charge in [0.2, 0.25) is 0 Å². The Labute approximate surface area is 133 Å². The van der Waals surface area contributed by atoms with E-state index in [2.05, 4.69) is 67.9 Å². The Balaban J connectivity index is 2.10. The van der Waals surface area contributed by atoms with E-state index in [9.17, 15) is 0 Å². The van der Waals surface area contributed by atoms with E-state index < -0.39 is 0 Å². The van der Waals surface area contributed by atoms with E-state index in [1.165, 1.54) is 43.2 Å². The summed E-state index contributed by atoms with van der Waals surface area (Å²) >= 11 is 4.00. The summed E-state index contributed by atoms with van der Waals surface area (Å²) in [5.74, 6) is 1.49. The molecule has 1 aliphatic carbocycles. The van der Waals surface area contributed by atoms with Crippen molar-refractivity contribution in [3.05, 3.63) is 35.4 Å². The van der Waals surface area contributed by atoms with Gasteiger partial charge in [-0.3, -0.25) is 0 Å². The number of halogens is 1. The summed E-state index contributed by atoms with van der Waals surface area (Å²) in [6, 6.07) is 9.31. The Bertz CT molecular complexity index is 416. The van der Waals surface area contributed by atoms with Crippen LogP contribution in [-0.2, 0) is 6.42 Å². The molecule has 20 heavy (non-hydrogen) atoms. The van der Waals surface area contributed by atoms with Crippen LogP contribution >= 0.6 is 15.9 Å². The van der Waals surface area contributed by atoms with Crippen LogP contribution in [0.3, 0.4) is 0 Å². The van der Waals surface area contributed by atoms with E-state index in [0.717, 1.165) is 11.8 Å². The fourth-order valence-corrected chi connectivity index (χ4v) is 4.89. The second-order valence-electron chi connectivity index (χ2n) is 7.58. The molecular weight excluding hydrogens is 308 g/mol. The normalized spacial score (nSPS) is 23.8.